The number of hydrogen-bond acceptors (Lipinski definition) is 4. The summed E-state index contributed by atoms with van der Waals surface area (Å²) in [4.78, 5) is 21.1. The van der Waals surface area contributed by atoms with E-state index in [1.54, 1.807) is 19.0 Å². The number of likely N-dealkylation sites (N-methyl/N-ethyl adjacent to an activating group) is 2. The molecule has 0 heterocycles. The molecule has 0 aliphatic rings. The van der Waals surface area contributed by atoms with Crippen molar-refractivity contribution in [3.63, 3.8) is 0 Å². The molecule has 0 aromatic carbocycles. The van der Waals surface area contributed by atoms with Gasteiger partial charge in [0.1, 0.15) is 0 Å². The molecule has 0 bridgehead atoms. The summed E-state index contributed by atoms with van der Waals surface area (Å²) in [6.07, 6.45) is 0. The summed E-state index contributed by atoms with van der Waals surface area (Å²) < 4.78 is 0. The van der Waals surface area contributed by atoms with Crippen LogP contribution in [0.2, 0.25) is 0 Å². The predicted molar refractivity (Wildman–Crippen MR) is 52.4 cm³/mol. The molecule has 6 heteroatoms. The van der Waals surface area contributed by atoms with Crippen molar-refractivity contribution >= 4 is 11.9 Å². The quantitative estimate of drug-likeness (QED) is 0.552. The van der Waals surface area contributed by atoms with Crippen LogP contribution in [0.15, 0.2) is 0 Å². The first-order valence-electron chi connectivity index (χ1n) is 4.19. The third-order valence-electron chi connectivity index (χ3n) is 0.978. The SMILES string of the molecule is CCNCC(=O)O.CN(C)CC(=O)O. The van der Waals surface area contributed by atoms with E-state index < -0.39 is 11.9 Å². The molecule has 14 heavy (non-hydrogen) atoms. The Bertz CT molecular complexity index is 171. The normalized spacial score (nSPS) is 9.14. The smallest absolute Gasteiger partial charge is 0.317 e. The number of rotatable bonds is 5. The Hall–Kier alpha value is -1.14. The standard InChI is InChI=1S/2C4H9NO2/c1-5(2)3-4(6)7;1-2-5-3-4(6)7/h3H2,1-2H3,(H,6,7);5H,2-3H2,1H3,(H,6,7). The fourth-order valence-electron chi connectivity index (χ4n) is 0.502. The Kier molecular flexibility index (Phi) is 10.9. The Balaban J connectivity index is 0. The molecular formula is C8H18N2O4. The van der Waals surface area contributed by atoms with Crippen LogP contribution in [-0.4, -0.2) is 60.8 Å². The molecule has 0 atom stereocenters. The highest BCUT2D eigenvalue weighted by atomic mass is 16.4. The van der Waals surface area contributed by atoms with Gasteiger partial charge >= 0.3 is 11.9 Å². The van der Waals surface area contributed by atoms with Crippen LogP contribution in [0.25, 0.3) is 0 Å². The second-order valence-electron chi connectivity index (χ2n) is 2.81. The van der Waals surface area contributed by atoms with E-state index >= 15 is 0 Å². The molecule has 6 nitrogen and oxygen atoms in total. The van der Waals surface area contributed by atoms with Crippen LogP contribution < -0.4 is 5.32 Å². The minimum absolute atomic E-state index is 0.0660. The summed E-state index contributed by atoms with van der Waals surface area (Å²) in [5.41, 5.74) is 0. The molecule has 0 radical (unpaired) electrons. The van der Waals surface area contributed by atoms with E-state index in [1.807, 2.05) is 6.92 Å². The van der Waals surface area contributed by atoms with Crippen molar-refractivity contribution in [2.24, 2.45) is 0 Å². The molecule has 3 N–H and O–H groups in total. The van der Waals surface area contributed by atoms with Gasteiger partial charge in [-0.3, -0.25) is 14.5 Å². The molecule has 0 aliphatic carbocycles. The molecule has 0 aliphatic heterocycles. The minimum atomic E-state index is -0.804. The van der Waals surface area contributed by atoms with Crippen LogP contribution in [-0.2, 0) is 9.59 Å². The molecule has 84 valence electrons. The largest absolute Gasteiger partial charge is 0.480 e. The van der Waals surface area contributed by atoms with Crippen LogP contribution in [0.4, 0.5) is 0 Å². The minimum Gasteiger partial charge on any atom is -0.480 e. The zero-order valence-corrected chi connectivity index (χ0v) is 8.78. The fraction of sp³-hybridized carbons (Fsp3) is 0.750. The van der Waals surface area contributed by atoms with Gasteiger partial charge in [-0.25, -0.2) is 0 Å². The van der Waals surface area contributed by atoms with Crippen molar-refractivity contribution < 1.29 is 19.8 Å². The summed E-state index contributed by atoms with van der Waals surface area (Å²) in [6, 6.07) is 0. The number of nitrogens with one attached hydrogen (secondary N) is 1. The van der Waals surface area contributed by atoms with Gasteiger partial charge in [0.15, 0.2) is 0 Å². The maximum atomic E-state index is 9.77. The third kappa shape index (κ3) is 22.4. The van der Waals surface area contributed by atoms with E-state index in [0.29, 0.717) is 6.54 Å². The van der Waals surface area contributed by atoms with E-state index in [-0.39, 0.29) is 13.1 Å². The lowest BCUT2D eigenvalue weighted by Crippen LogP contribution is -2.21. The summed E-state index contributed by atoms with van der Waals surface area (Å²) in [5, 5.41) is 18.7. The van der Waals surface area contributed by atoms with Crippen LogP contribution >= 0.6 is 0 Å². The van der Waals surface area contributed by atoms with Gasteiger partial charge in [0.05, 0.1) is 13.1 Å². The highest BCUT2D eigenvalue weighted by Gasteiger charge is 1.94. The highest BCUT2D eigenvalue weighted by molar-refractivity contribution is 5.69. The van der Waals surface area contributed by atoms with Crippen molar-refractivity contribution in [1.82, 2.24) is 10.2 Å². The Labute approximate surface area is 83.5 Å². The lowest BCUT2D eigenvalue weighted by Gasteiger charge is -2.01. The van der Waals surface area contributed by atoms with Gasteiger partial charge in [-0.2, -0.15) is 0 Å². The topological polar surface area (TPSA) is 89.9 Å². The van der Waals surface area contributed by atoms with E-state index in [1.165, 1.54) is 0 Å². The Morgan fingerprint density at radius 3 is 1.79 bits per heavy atom. The molecule has 0 fully saturated rings. The predicted octanol–water partition coefficient (Wildman–Crippen LogP) is -0.687. The molecular weight excluding hydrogens is 188 g/mol. The van der Waals surface area contributed by atoms with Gasteiger partial charge in [0.25, 0.3) is 0 Å². The average molecular weight is 206 g/mol. The number of carboxylic acid groups (broad SMARTS) is 2. The van der Waals surface area contributed by atoms with Crippen molar-refractivity contribution in [2.75, 3.05) is 33.7 Å². The van der Waals surface area contributed by atoms with E-state index in [2.05, 4.69) is 5.32 Å². The monoisotopic (exact) mass is 206 g/mol. The summed E-state index contributed by atoms with van der Waals surface area (Å²) in [7, 11) is 3.43. The maximum Gasteiger partial charge on any atom is 0.317 e. The number of hydrogen-bond donors (Lipinski definition) is 3. The van der Waals surface area contributed by atoms with Crippen LogP contribution in [0.1, 0.15) is 6.92 Å². The van der Waals surface area contributed by atoms with Gasteiger partial charge < -0.3 is 15.5 Å². The van der Waals surface area contributed by atoms with Crippen LogP contribution in [0.5, 0.6) is 0 Å². The molecule has 0 saturated heterocycles. The Morgan fingerprint density at radius 2 is 1.71 bits per heavy atom. The van der Waals surface area contributed by atoms with Gasteiger partial charge in [-0.05, 0) is 20.6 Å². The lowest BCUT2D eigenvalue weighted by molar-refractivity contribution is -0.138. The van der Waals surface area contributed by atoms with Crippen molar-refractivity contribution in [1.29, 1.82) is 0 Å². The zero-order valence-electron chi connectivity index (χ0n) is 8.78. The summed E-state index contributed by atoms with van der Waals surface area (Å²) in [6.45, 7) is 2.76. The zero-order chi connectivity index (χ0) is 11.6. The van der Waals surface area contributed by atoms with E-state index in [0.717, 1.165) is 0 Å². The number of carbonyl (C=O) groups is 2. The first-order chi connectivity index (χ1) is 6.40. The van der Waals surface area contributed by atoms with Gasteiger partial charge in [-0.1, -0.05) is 6.92 Å². The molecule has 0 rings (SSSR count). The first-order valence-corrected chi connectivity index (χ1v) is 4.19. The van der Waals surface area contributed by atoms with Gasteiger partial charge in [0.2, 0.25) is 0 Å². The third-order valence-corrected chi connectivity index (χ3v) is 0.978. The molecule has 0 amide bonds. The average Bonchev–Trinajstić information content (AvgIpc) is 1.99. The summed E-state index contributed by atoms with van der Waals surface area (Å²) in [5.74, 6) is -1.59. The van der Waals surface area contributed by atoms with Crippen LogP contribution in [0.3, 0.4) is 0 Å². The van der Waals surface area contributed by atoms with Crippen molar-refractivity contribution in [2.45, 2.75) is 6.92 Å². The van der Waals surface area contributed by atoms with Crippen LogP contribution in [0, 0.1) is 0 Å². The molecule has 0 saturated carbocycles. The highest BCUT2D eigenvalue weighted by Crippen LogP contribution is 1.69. The summed E-state index contributed by atoms with van der Waals surface area (Å²) >= 11 is 0. The maximum absolute atomic E-state index is 9.77. The van der Waals surface area contributed by atoms with E-state index in [4.69, 9.17) is 10.2 Å². The van der Waals surface area contributed by atoms with Gasteiger partial charge in [0, 0.05) is 0 Å². The number of carboxylic acids is 2. The molecule has 0 aromatic rings. The van der Waals surface area contributed by atoms with E-state index in [9.17, 15) is 9.59 Å². The Morgan fingerprint density at radius 1 is 1.21 bits per heavy atom. The van der Waals surface area contributed by atoms with Crippen molar-refractivity contribution in [3.8, 4) is 0 Å². The lowest BCUT2D eigenvalue weighted by atomic mass is 10.6. The fourth-order valence-corrected chi connectivity index (χ4v) is 0.502. The first kappa shape index (κ1) is 15.3. The number of aliphatic carboxylic acids is 2. The number of nitrogens with zero attached hydrogens (tertiary/aromatic N) is 1. The molecule has 0 unspecified atom stereocenters. The molecule has 0 aromatic heterocycles. The second kappa shape index (κ2) is 9.94. The molecule has 0 spiro atoms. The second-order valence-corrected chi connectivity index (χ2v) is 2.81. The van der Waals surface area contributed by atoms with Crippen molar-refractivity contribution in [3.05, 3.63) is 0 Å². The van der Waals surface area contributed by atoms with Gasteiger partial charge in [-0.15, -0.1) is 0 Å².